The van der Waals surface area contributed by atoms with Crippen molar-refractivity contribution in [1.29, 1.82) is 0 Å². The molecule has 0 saturated carbocycles. The van der Waals surface area contributed by atoms with Gasteiger partial charge in [-0.15, -0.1) is 0 Å². The topological polar surface area (TPSA) is 147 Å². The predicted molar refractivity (Wildman–Crippen MR) is 68.8 cm³/mol. The average molecular weight is 301 g/mol. The normalized spacial score (nSPS) is 10.7. The number of non-ortho nitro benzene ring substituents is 1. The third kappa shape index (κ3) is 3.30. The van der Waals surface area contributed by atoms with Gasteiger partial charge in [0.1, 0.15) is 5.76 Å². The first-order chi connectivity index (χ1) is 8.88. The summed E-state index contributed by atoms with van der Waals surface area (Å²) in [6, 6.07) is 5.94. The molecule has 10 heteroatoms. The van der Waals surface area contributed by atoms with E-state index in [2.05, 4.69) is 9.88 Å². The molecule has 1 aromatic heterocycles. The van der Waals surface area contributed by atoms with Crippen LogP contribution in [-0.2, 0) is 10.0 Å². The maximum Gasteiger partial charge on any atom is 0.269 e. The van der Waals surface area contributed by atoms with E-state index in [-0.39, 0.29) is 21.9 Å². The molecule has 2 aromatic rings. The molecule has 0 bridgehead atoms. The van der Waals surface area contributed by atoms with E-state index in [0.717, 1.165) is 24.3 Å². The van der Waals surface area contributed by atoms with Crippen LogP contribution in [0.5, 0.6) is 0 Å². The third-order valence-corrected chi connectivity index (χ3v) is 3.60. The fourth-order valence-electron chi connectivity index (χ4n) is 1.36. The minimum atomic E-state index is -3.84. The summed E-state index contributed by atoms with van der Waals surface area (Å²) in [5.41, 5.74) is -0.184. The van der Waals surface area contributed by atoms with Crippen LogP contribution < -0.4 is 4.72 Å². The van der Waals surface area contributed by atoms with Gasteiger partial charge in [0, 0.05) is 18.2 Å². The summed E-state index contributed by atoms with van der Waals surface area (Å²) in [4.78, 5) is 9.77. The molecule has 0 atom stereocenters. The van der Waals surface area contributed by atoms with E-state index in [1.165, 1.54) is 6.07 Å². The van der Waals surface area contributed by atoms with Crippen molar-refractivity contribution in [1.82, 2.24) is 5.16 Å². The average Bonchev–Trinajstić information content (AvgIpc) is 2.74. The van der Waals surface area contributed by atoms with Crippen LogP contribution in [-0.4, -0.2) is 24.0 Å². The van der Waals surface area contributed by atoms with Crippen LogP contribution >= 0.6 is 0 Å². The van der Waals surface area contributed by atoms with Crippen LogP contribution in [0.25, 0.3) is 0 Å². The largest absolute Gasteiger partial charge is 0.412 e. The zero-order valence-corrected chi connectivity index (χ0v) is 11.0. The number of hydrogen-bond donors (Lipinski definition) is 1. The van der Waals surface area contributed by atoms with Gasteiger partial charge >= 0.3 is 0 Å². The molecule has 0 spiro atoms. The SMILES string of the molecule is Cc1cc(NS(=O)(=O)c2ccc([N+](=O)[O-])cc2)no1.O. The first-order valence-electron chi connectivity index (χ1n) is 5.09. The molecule has 1 aromatic carbocycles. The van der Waals surface area contributed by atoms with Crippen LogP contribution in [0, 0.1) is 17.0 Å². The van der Waals surface area contributed by atoms with Gasteiger partial charge in [-0.2, -0.15) is 0 Å². The van der Waals surface area contributed by atoms with Crippen molar-refractivity contribution in [3.8, 4) is 0 Å². The summed E-state index contributed by atoms with van der Waals surface area (Å²) in [7, 11) is -3.84. The number of nitrogens with zero attached hydrogens (tertiary/aromatic N) is 2. The van der Waals surface area contributed by atoms with Gasteiger partial charge in [0.2, 0.25) is 0 Å². The van der Waals surface area contributed by atoms with Crippen LogP contribution in [0.4, 0.5) is 11.5 Å². The molecule has 0 saturated heterocycles. The van der Waals surface area contributed by atoms with Gasteiger partial charge in [0.15, 0.2) is 5.82 Å². The molecule has 0 aliphatic heterocycles. The van der Waals surface area contributed by atoms with Crippen LogP contribution in [0.3, 0.4) is 0 Å². The molecule has 1 heterocycles. The lowest BCUT2D eigenvalue weighted by molar-refractivity contribution is -0.384. The Kier molecular flexibility index (Phi) is 4.42. The van der Waals surface area contributed by atoms with E-state index in [1.54, 1.807) is 6.92 Å². The van der Waals surface area contributed by atoms with E-state index in [4.69, 9.17) is 4.52 Å². The van der Waals surface area contributed by atoms with Crippen molar-refractivity contribution in [3.63, 3.8) is 0 Å². The van der Waals surface area contributed by atoms with Gasteiger partial charge in [-0.3, -0.25) is 14.8 Å². The fraction of sp³-hybridized carbons (Fsp3) is 0.100. The number of anilines is 1. The number of rotatable bonds is 4. The van der Waals surface area contributed by atoms with Gasteiger partial charge in [0.25, 0.3) is 15.7 Å². The Balaban J connectivity index is 0.00000200. The number of nitro groups is 1. The van der Waals surface area contributed by atoms with E-state index in [1.807, 2.05) is 0 Å². The van der Waals surface area contributed by atoms with Gasteiger partial charge < -0.3 is 10.00 Å². The molecule has 0 radical (unpaired) electrons. The molecular formula is C10H11N3O6S. The standard InChI is InChI=1S/C10H9N3O5S.H2O/c1-7-6-10(11-18-7)12-19(16,17)9-4-2-8(3-5-9)13(14)15;/h2-6H,1H3,(H,11,12);1H2. The molecule has 2 rings (SSSR count). The first-order valence-corrected chi connectivity index (χ1v) is 6.57. The highest BCUT2D eigenvalue weighted by Crippen LogP contribution is 2.18. The van der Waals surface area contributed by atoms with Crippen molar-refractivity contribution in [3.05, 3.63) is 46.2 Å². The highest BCUT2D eigenvalue weighted by Gasteiger charge is 2.17. The van der Waals surface area contributed by atoms with Gasteiger partial charge in [-0.25, -0.2) is 8.42 Å². The Morgan fingerprint density at radius 1 is 1.30 bits per heavy atom. The van der Waals surface area contributed by atoms with Crippen molar-refractivity contribution < 1.29 is 23.3 Å². The van der Waals surface area contributed by atoms with Gasteiger partial charge in [-0.05, 0) is 19.1 Å². The zero-order valence-electron chi connectivity index (χ0n) is 10.2. The lowest BCUT2D eigenvalue weighted by Gasteiger charge is -2.04. The summed E-state index contributed by atoms with van der Waals surface area (Å²) in [6.45, 7) is 1.62. The predicted octanol–water partition coefficient (Wildman–Crippen LogP) is 0.867. The maximum absolute atomic E-state index is 11.9. The number of benzene rings is 1. The highest BCUT2D eigenvalue weighted by atomic mass is 32.2. The molecule has 3 N–H and O–H groups in total. The van der Waals surface area contributed by atoms with Crippen molar-refractivity contribution in [2.45, 2.75) is 11.8 Å². The number of nitrogens with one attached hydrogen (secondary N) is 1. The third-order valence-electron chi connectivity index (χ3n) is 2.22. The second-order valence-electron chi connectivity index (χ2n) is 3.68. The lowest BCUT2D eigenvalue weighted by Crippen LogP contribution is -2.13. The second kappa shape index (κ2) is 5.67. The summed E-state index contributed by atoms with van der Waals surface area (Å²) >= 11 is 0. The lowest BCUT2D eigenvalue weighted by atomic mass is 10.3. The molecule has 0 aliphatic carbocycles. The van der Waals surface area contributed by atoms with Crippen molar-refractivity contribution >= 4 is 21.5 Å². The molecule has 0 fully saturated rings. The number of nitro benzene ring substituents is 1. The first kappa shape index (κ1) is 15.6. The summed E-state index contributed by atoms with van der Waals surface area (Å²) in [5.74, 6) is 0.511. The van der Waals surface area contributed by atoms with Crippen LogP contribution in [0.15, 0.2) is 39.8 Å². The number of hydrogen-bond acceptors (Lipinski definition) is 6. The molecule has 0 amide bonds. The quantitative estimate of drug-likeness (QED) is 0.654. The second-order valence-corrected chi connectivity index (χ2v) is 5.36. The monoisotopic (exact) mass is 301 g/mol. The Labute approximate surface area is 113 Å². The van der Waals surface area contributed by atoms with E-state index in [0.29, 0.717) is 5.76 Å². The minimum absolute atomic E-state index is 0. The fourth-order valence-corrected chi connectivity index (χ4v) is 2.34. The molecule has 108 valence electrons. The molecule has 9 nitrogen and oxygen atoms in total. The Morgan fingerprint density at radius 2 is 1.90 bits per heavy atom. The maximum atomic E-state index is 11.9. The van der Waals surface area contributed by atoms with Crippen molar-refractivity contribution in [2.75, 3.05) is 4.72 Å². The summed E-state index contributed by atoms with van der Waals surface area (Å²) in [6.07, 6.45) is 0. The molecule has 0 aliphatic rings. The molecule has 0 unspecified atom stereocenters. The van der Waals surface area contributed by atoms with Gasteiger partial charge in [-0.1, -0.05) is 5.16 Å². The van der Waals surface area contributed by atoms with Crippen LogP contribution in [0.1, 0.15) is 5.76 Å². The Bertz CT molecular complexity index is 707. The molecule has 20 heavy (non-hydrogen) atoms. The van der Waals surface area contributed by atoms with Gasteiger partial charge in [0.05, 0.1) is 9.82 Å². The Morgan fingerprint density at radius 3 is 2.35 bits per heavy atom. The zero-order chi connectivity index (χ0) is 14.0. The van der Waals surface area contributed by atoms with Crippen molar-refractivity contribution in [2.24, 2.45) is 0 Å². The minimum Gasteiger partial charge on any atom is -0.412 e. The van der Waals surface area contributed by atoms with Crippen LogP contribution in [0.2, 0.25) is 0 Å². The number of aryl methyl sites for hydroxylation is 1. The summed E-state index contributed by atoms with van der Waals surface area (Å²) in [5, 5.41) is 14.0. The van der Waals surface area contributed by atoms with E-state index >= 15 is 0 Å². The van der Waals surface area contributed by atoms with E-state index in [9.17, 15) is 18.5 Å². The molecular weight excluding hydrogens is 290 g/mol. The highest BCUT2D eigenvalue weighted by molar-refractivity contribution is 7.92. The number of aromatic nitrogens is 1. The number of sulfonamides is 1. The smallest absolute Gasteiger partial charge is 0.269 e. The summed E-state index contributed by atoms with van der Waals surface area (Å²) < 4.78 is 30.8. The Hall–Kier alpha value is -2.46. The van der Waals surface area contributed by atoms with E-state index < -0.39 is 14.9 Å².